The van der Waals surface area contributed by atoms with E-state index in [2.05, 4.69) is 79.5 Å². The Labute approximate surface area is 150 Å². The lowest BCUT2D eigenvalue weighted by molar-refractivity contribution is 0.281. The molecule has 3 rings (SSSR count). The third kappa shape index (κ3) is 3.38. The molecule has 1 aromatic heterocycles. The molecule has 0 spiro atoms. The molecule has 5 heteroatoms. The third-order valence-corrected chi connectivity index (χ3v) is 9.49. The molecule has 3 aromatic rings. The molecule has 0 amide bonds. The van der Waals surface area contributed by atoms with Crippen molar-refractivity contribution in [3.8, 4) is 0 Å². The van der Waals surface area contributed by atoms with E-state index < -0.39 is 8.32 Å². The van der Waals surface area contributed by atoms with E-state index in [1.54, 1.807) is 0 Å². The first kappa shape index (κ1) is 17.4. The number of rotatable bonds is 5. The maximum absolute atomic E-state index is 6.78. The van der Waals surface area contributed by atoms with Gasteiger partial charge in [0.2, 0.25) is 0 Å². The number of benzene rings is 2. The Morgan fingerprint density at radius 2 is 1.48 bits per heavy atom. The van der Waals surface area contributed by atoms with Gasteiger partial charge in [-0.2, -0.15) is 5.10 Å². The molecule has 0 unspecified atom stereocenters. The lowest BCUT2D eigenvalue weighted by atomic mass is 10.2. The van der Waals surface area contributed by atoms with Gasteiger partial charge in [0.05, 0.1) is 12.3 Å². The summed E-state index contributed by atoms with van der Waals surface area (Å²) in [5.41, 5.74) is 6.63. The molecule has 3 N–H and O–H groups in total. The molecule has 1 heterocycles. The van der Waals surface area contributed by atoms with Gasteiger partial charge in [-0.15, -0.1) is 0 Å². The number of anilines is 1. The van der Waals surface area contributed by atoms with Crippen molar-refractivity contribution >= 4 is 24.5 Å². The normalized spacial score (nSPS) is 12.3. The van der Waals surface area contributed by atoms with E-state index in [4.69, 9.17) is 10.2 Å². The first-order valence-electron chi connectivity index (χ1n) is 8.48. The Morgan fingerprint density at radius 1 is 0.960 bits per heavy atom. The van der Waals surface area contributed by atoms with Crippen LogP contribution in [-0.4, -0.2) is 18.5 Å². The largest absolute Gasteiger partial charge is 0.402 e. The zero-order valence-corrected chi connectivity index (χ0v) is 16.0. The molecular formula is C20H25N3OSi. The van der Waals surface area contributed by atoms with E-state index in [1.165, 1.54) is 10.4 Å². The van der Waals surface area contributed by atoms with E-state index in [9.17, 15) is 0 Å². The summed E-state index contributed by atoms with van der Waals surface area (Å²) in [6.45, 7) is 7.25. The Bertz CT molecular complexity index is 770. The minimum Gasteiger partial charge on any atom is -0.402 e. The van der Waals surface area contributed by atoms with Crippen LogP contribution >= 0.6 is 0 Å². The van der Waals surface area contributed by atoms with Gasteiger partial charge in [-0.1, -0.05) is 81.4 Å². The van der Waals surface area contributed by atoms with Crippen LogP contribution in [0.25, 0.3) is 0 Å². The summed E-state index contributed by atoms with van der Waals surface area (Å²) in [6, 6.07) is 23.0. The van der Waals surface area contributed by atoms with Gasteiger partial charge < -0.3 is 10.2 Å². The predicted octanol–water partition coefficient (Wildman–Crippen LogP) is 3.07. The highest BCUT2D eigenvalue weighted by Crippen LogP contribution is 2.37. The van der Waals surface area contributed by atoms with Gasteiger partial charge in [0.15, 0.2) is 0 Å². The van der Waals surface area contributed by atoms with Crippen molar-refractivity contribution < 1.29 is 4.43 Å². The second kappa shape index (κ2) is 6.86. The summed E-state index contributed by atoms with van der Waals surface area (Å²) in [5, 5.41) is 9.46. The van der Waals surface area contributed by atoms with Crippen molar-refractivity contribution in [3.63, 3.8) is 0 Å². The zero-order chi connectivity index (χ0) is 17.9. The number of nitrogen functional groups attached to an aromatic ring is 1. The average molecular weight is 352 g/mol. The van der Waals surface area contributed by atoms with Crippen LogP contribution in [0.15, 0.2) is 66.7 Å². The molecule has 0 atom stereocenters. The van der Waals surface area contributed by atoms with Crippen LogP contribution in [0.3, 0.4) is 0 Å². The van der Waals surface area contributed by atoms with Gasteiger partial charge in [0.1, 0.15) is 5.82 Å². The summed E-state index contributed by atoms with van der Waals surface area (Å²) in [4.78, 5) is 0. The monoisotopic (exact) mass is 351 g/mol. The maximum atomic E-state index is 6.78. The van der Waals surface area contributed by atoms with Crippen LogP contribution in [-0.2, 0) is 11.0 Å². The van der Waals surface area contributed by atoms with Gasteiger partial charge in [0, 0.05) is 6.07 Å². The molecule has 0 fully saturated rings. The summed E-state index contributed by atoms with van der Waals surface area (Å²) in [5.74, 6) is 0.487. The second-order valence-electron chi connectivity index (χ2n) is 7.27. The fourth-order valence-corrected chi connectivity index (χ4v) is 7.93. The first-order chi connectivity index (χ1) is 11.9. The van der Waals surface area contributed by atoms with Crippen molar-refractivity contribution in [2.45, 2.75) is 32.4 Å². The topological polar surface area (TPSA) is 63.9 Å². The minimum atomic E-state index is -2.51. The quantitative estimate of drug-likeness (QED) is 0.694. The fraction of sp³-hybridized carbons (Fsp3) is 0.250. The van der Waals surface area contributed by atoms with Crippen LogP contribution in [0, 0.1) is 0 Å². The van der Waals surface area contributed by atoms with Crippen LogP contribution in [0.2, 0.25) is 5.04 Å². The molecule has 4 nitrogen and oxygen atoms in total. The first-order valence-corrected chi connectivity index (χ1v) is 10.4. The lowest BCUT2D eigenvalue weighted by Gasteiger charge is -2.42. The Morgan fingerprint density at radius 3 is 1.88 bits per heavy atom. The highest BCUT2D eigenvalue weighted by Gasteiger charge is 2.50. The number of nitrogens with two attached hydrogens (primary N) is 1. The number of aromatic amines is 1. The Balaban J connectivity index is 2.11. The fourth-order valence-electron chi connectivity index (χ4n) is 3.40. The summed E-state index contributed by atoms with van der Waals surface area (Å²) in [7, 11) is -2.51. The van der Waals surface area contributed by atoms with E-state index in [0.717, 1.165) is 5.69 Å². The van der Waals surface area contributed by atoms with Crippen LogP contribution in [0.1, 0.15) is 26.5 Å². The molecule has 2 aromatic carbocycles. The van der Waals surface area contributed by atoms with Gasteiger partial charge >= 0.3 is 0 Å². The summed E-state index contributed by atoms with van der Waals surface area (Å²) < 4.78 is 6.78. The van der Waals surface area contributed by atoms with Crippen molar-refractivity contribution in [1.82, 2.24) is 10.2 Å². The van der Waals surface area contributed by atoms with Crippen molar-refractivity contribution in [2.24, 2.45) is 0 Å². The molecule has 130 valence electrons. The molecule has 25 heavy (non-hydrogen) atoms. The number of nitrogens with one attached hydrogen (secondary N) is 1. The molecule has 0 aliphatic rings. The predicted molar refractivity (Wildman–Crippen MR) is 105 cm³/mol. The number of aromatic nitrogens is 2. The molecule has 0 radical (unpaired) electrons. The average Bonchev–Trinajstić information content (AvgIpc) is 3.02. The van der Waals surface area contributed by atoms with Crippen molar-refractivity contribution in [3.05, 3.63) is 72.4 Å². The highest BCUT2D eigenvalue weighted by molar-refractivity contribution is 6.99. The molecular weight excluding hydrogens is 326 g/mol. The molecule has 0 saturated carbocycles. The van der Waals surface area contributed by atoms with Gasteiger partial charge in [-0.3, -0.25) is 5.10 Å². The van der Waals surface area contributed by atoms with E-state index >= 15 is 0 Å². The number of nitrogens with zero attached hydrogens (tertiary/aromatic N) is 1. The minimum absolute atomic E-state index is 0.0404. The van der Waals surface area contributed by atoms with Crippen LogP contribution < -0.4 is 16.1 Å². The van der Waals surface area contributed by atoms with E-state index in [0.29, 0.717) is 12.4 Å². The SMILES string of the molecule is CC(C)(C)[Si](OCc1cc(N)n[nH]1)(c1ccccc1)c1ccccc1. The van der Waals surface area contributed by atoms with E-state index in [1.807, 2.05) is 18.2 Å². The third-order valence-electron chi connectivity index (χ3n) is 4.51. The second-order valence-corrected chi connectivity index (χ2v) is 11.6. The smallest absolute Gasteiger partial charge is 0.261 e. The van der Waals surface area contributed by atoms with E-state index in [-0.39, 0.29) is 5.04 Å². The van der Waals surface area contributed by atoms with Gasteiger partial charge in [-0.05, 0) is 15.4 Å². The Hall–Kier alpha value is -2.37. The standard InChI is InChI=1S/C20H25N3OSi/c1-20(2,3)25(17-10-6-4-7-11-17,18-12-8-5-9-13-18)24-15-16-14-19(21)23-22-16/h4-14H,15H2,1-3H3,(H3,21,22,23). The van der Waals surface area contributed by atoms with Crippen molar-refractivity contribution in [1.29, 1.82) is 0 Å². The molecule has 0 aliphatic carbocycles. The number of hydrogen-bond acceptors (Lipinski definition) is 3. The molecule has 0 bridgehead atoms. The number of H-pyrrole nitrogens is 1. The Kier molecular flexibility index (Phi) is 4.79. The lowest BCUT2D eigenvalue weighted by Crippen LogP contribution is -2.66. The van der Waals surface area contributed by atoms with Crippen LogP contribution in [0.5, 0.6) is 0 Å². The molecule has 0 saturated heterocycles. The molecule has 0 aliphatic heterocycles. The van der Waals surface area contributed by atoms with Crippen LogP contribution in [0.4, 0.5) is 5.82 Å². The highest BCUT2D eigenvalue weighted by atomic mass is 28.4. The van der Waals surface area contributed by atoms with Gasteiger partial charge in [-0.25, -0.2) is 0 Å². The maximum Gasteiger partial charge on any atom is 0.261 e. The zero-order valence-electron chi connectivity index (χ0n) is 15.0. The number of hydrogen-bond donors (Lipinski definition) is 2. The summed E-state index contributed by atoms with van der Waals surface area (Å²) in [6.07, 6.45) is 0. The van der Waals surface area contributed by atoms with Crippen molar-refractivity contribution in [2.75, 3.05) is 5.73 Å². The van der Waals surface area contributed by atoms with Gasteiger partial charge in [0.25, 0.3) is 8.32 Å². The summed E-state index contributed by atoms with van der Waals surface area (Å²) >= 11 is 0.